The maximum Gasteiger partial charge on any atom is 0.0341 e. The molecule has 18 heavy (non-hydrogen) atoms. The van der Waals surface area contributed by atoms with E-state index in [0.29, 0.717) is 0 Å². The molecule has 0 spiro atoms. The number of hydrogen-bond donors (Lipinski definition) is 2. The molecule has 2 nitrogen and oxygen atoms in total. The van der Waals surface area contributed by atoms with Crippen LogP contribution in [0.25, 0.3) is 0 Å². The lowest BCUT2D eigenvalue weighted by molar-refractivity contribution is 1.01. The minimum absolute atomic E-state index is 0.962. The summed E-state index contributed by atoms with van der Waals surface area (Å²) in [6, 6.07) is 16.9. The van der Waals surface area contributed by atoms with Crippen molar-refractivity contribution in [3.63, 3.8) is 0 Å². The lowest BCUT2D eigenvalue weighted by atomic mass is 10.1. The van der Waals surface area contributed by atoms with Crippen molar-refractivity contribution in [1.82, 2.24) is 0 Å². The number of anilines is 2. The third kappa shape index (κ3) is 3.27. The van der Waals surface area contributed by atoms with Crippen LogP contribution in [0.15, 0.2) is 48.5 Å². The van der Waals surface area contributed by atoms with Crippen molar-refractivity contribution < 1.29 is 0 Å². The van der Waals surface area contributed by atoms with Crippen LogP contribution < -0.4 is 10.6 Å². The van der Waals surface area contributed by atoms with Crippen molar-refractivity contribution in [2.45, 2.75) is 13.3 Å². The van der Waals surface area contributed by atoms with Gasteiger partial charge in [0.05, 0.1) is 0 Å². The molecule has 2 aromatic carbocycles. The van der Waals surface area contributed by atoms with E-state index in [1.807, 2.05) is 7.05 Å². The van der Waals surface area contributed by atoms with E-state index in [-0.39, 0.29) is 0 Å². The topological polar surface area (TPSA) is 24.1 Å². The second-order valence-electron chi connectivity index (χ2n) is 4.43. The third-order valence-electron chi connectivity index (χ3n) is 3.16. The molecule has 2 rings (SSSR count). The van der Waals surface area contributed by atoms with Crippen molar-refractivity contribution in [1.29, 1.82) is 0 Å². The lowest BCUT2D eigenvalue weighted by Crippen LogP contribution is -2.05. The molecule has 0 radical (unpaired) electrons. The van der Waals surface area contributed by atoms with Gasteiger partial charge in [-0.1, -0.05) is 24.3 Å². The minimum Gasteiger partial charge on any atom is -0.388 e. The fraction of sp³-hybridized carbons (Fsp3) is 0.250. The second kappa shape index (κ2) is 6.10. The highest BCUT2D eigenvalue weighted by molar-refractivity contribution is 5.53. The van der Waals surface area contributed by atoms with E-state index in [1.165, 1.54) is 16.8 Å². The van der Waals surface area contributed by atoms with Gasteiger partial charge in [-0.2, -0.15) is 0 Å². The molecular weight excluding hydrogens is 220 g/mol. The molecule has 0 saturated carbocycles. The molecule has 0 amide bonds. The monoisotopic (exact) mass is 240 g/mol. The van der Waals surface area contributed by atoms with E-state index in [9.17, 15) is 0 Å². The van der Waals surface area contributed by atoms with Gasteiger partial charge in [0.15, 0.2) is 0 Å². The zero-order valence-electron chi connectivity index (χ0n) is 11.0. The maximum absolute atomic E-state index is 3.44. The number of hydrogen-bond acceptors (Lipinski definition) is 2. The van der Waals surface area contributed by atoms with E-state index in [2.05, 4.69) is 66.1 Å². The quantitative estimate of drug-likeness (QED) is 0.833. The van der Waals surface area contributed by atoms with Crippen LogP contribution in [0.3, 0.4) is 0 Å². The Kier molecular flexibility index (Phi) is 4.24. The lowest BCUT2D eigenvalue weighted by Gasteiger charge is -2.09. The van der Waals surface area contributed by atoms with Crippen LogP contribution in [0.5, 0.6) is 0 Å². The number of aryl methyl sites for hydroxylation is 1. The first kappa shape index (κ1) is 12.5. The summed E-state index contributed by atoms with van der Waals surface area (Å²) in [5.41, 5.74) is 5.09. The van der Waals surface area contributed by atoms with Crippen LogP contribution in [-0.4, -0.2) is 13.6 Å². The molecule has 0 unspecified atom stereocenters. The van der Waals surface area contributed by atoms with Gasteiger partial charge in [-0.15, -0.1) is 0 Å². The first-order valence-electron chi connectivity index (χ1n) is 6.36. The van der Waals surface area contributed by atoms with Crippen LogP contribution in [0.1, 0.15) is 11.1 Å². The highest BCUT2D eigenvalue weighted by Gasteiger charge is 1.97. The van der Waals surface area contributed by atoms with Crippen LogP contribution in [0.2, 0.25) is 0 Å². The van der Waals surface area contributed by atoms with Gasteiger partial charge in [0.1, 0.15) is 0 Å². The van der Waals surface area contributed by atoms with Gasteiger partial charge < -0.3 is 10.6 Å². The number of rotatable bonds is 5. The van der Waals surface area contributed by atoms with Gasteiger partial charge in [-0.25, -0.2) is 0 Å². The normalized spacial score (nSPS) is 10.1. The Morgan fingerprint density at radius 1 is 0.889 bits per heavy atom. The average Bonchev–Trinajstić information content (AvgIpc) is 2.42. The zero-order chi connectivity index (χ0) is 12.8. The molecule has 0 aliphatic rings. The largest absolute Gasteiger partial charge is 0.388 e. The molecule has 0 aromatic heterocycles. The van der Waals surface area contributed by atoms with Crippen LogP contribution in [0.4, 0.5) is 11.4 Å². The van der Waals surface area contributed by atoms with Crippen LogP contribution in [0, 0.1) is 6.92 Å². The Morgan fingerprint density at radius 2 is 1.56 bits per heavy atom. The average molecular weight is 240 g/mol. The van der Waals surface area contributed by atoms with E-state index in [0.717, 1.165) is 18.7 Å². The first-order chi connectivity index (χ1) is 8.79. The summed E-state index contributed by atoms with van der Waals surface area (Å²) < 4.78 is 0. The van der Waals surface area contributed by atoms with Crippen LogP contribution in [-0.2, 0) is 6.42 Å². The number of benzene rings is 2. The second-order valence-corrected chi connectivity index (χ2v) is 4.43. The summed E-state index contributed by atoms with van der Waals surface area (Å²) >= 11 is 0. The van der Waals surface area contributed by atoms with Crippen molar-refractivity contribution in [2.75, 3.05) is 24.2 Å². The predicted molar refractivity (Wildman–Crippen MR) is 79.4 cm³/mol. The molecule has 0 aliphatic carbocycles. The molecule has 2 aromatic rings. The van der Waals surface area contributed by atoms with Gasteiger partial charge in [0, 0.05) is 25.0 Å². The standard InChI is InChI=1S/C16H20N2/c1-13-5-3-4-6-14(13)11-12-18-16-9-7-15(17-2)8-10-16/h3-10,17-18H,11-12H2,1-2H3. The van der Waals surface area contributed by atoms with Gasteiger partial charge in [-0.05, 0) is 48.7 Å². The van der Waals surface area contributed by atoms with E-state index < -0.39 is 0 Å². The molecule has 2 heteroatoms. The Bertz CT molecular complexity index is 489. The highest BCUT2D eigenvalue weighted by Crippen LogP contribution is 2.13. The molecule has 0 aliphatic heterocycles. The van der Waals surface area contributed by atoms with E-state index >= 15 is 0 Å². The van der Waals surface area contributed by atoms with Crippen molar-refractivity contribution in [3.8, 4) is 0 Å². The fourth-order valence-corrected chi connectivity index (χ4v) is 1.99. The van der Waals surface area contributed by atoms with E-state index in [1.54, 1.807) is 0 Å². The van der Waals surface area contributed by atoms with Gasteiger partial charge >= 0.3 is 0 Å². The minimum atomic E-state index is 0.962. The molecular formula is C16H20N2. The molecule has 2 N–H and O–H groups in total. The Labute approximate surface area is 109 Å². The Morgan fingerprint density at radius 3 is 2.22 bits per heavy atom. The summed E-state index contributed by atoms with van der Waals surface area (Å²) in [6.07, 6.45) is 1.06. The highest BCUT2D eigenvalue weighted by atomic mass is 14.9. The summed E-state index contributed by atoms with van der Waals surface area (Å²) in [7, 11) is 1.93. The van der Waals surface area contributed by atoms with Crippen molar-refractivity contribution in [3.05, 3.63) is 59.7 Å². The zero-order valence-corrected chi connectivity index (χ0v) is 11.0. The summed E-state index contributed by atoms with van der Waals surface area (Å²) in [5, 5.41) is 6.56. The fourth-order valence-electron chi connectivity index (χ4n) is 1.99. The molecule has 0 atom stereocenters. The van der Waals surface area contributed by atoms with Crippen molar-refractivity contribution in [2.24, 2.45) is 0 Å². The molecule has 0 fully saturated rings. The summed E-state index contributed by atoms with van der Waals surface area (Å²) in [5.74, 6) is 0. The third-order valence-corrected chi connectivity index (χ3v) is 3.16. The number of nitrogens with one attached hydrogen (secondary N) is 2. The smallest absolute Gasteiger partial charge is 0.0341 e. The summed E-state index contributed by atoms with van der Waals surface area (Å²) in [4.78, 5) is 0. The molecule has 0 saturated heterocycles. The van der Waals surface area contributed by atoms with Crippen molar-refractivity contribution >= 4 is 11.4 Å². The molecule has 0 heterocycles. The Hall–Kier alpha value is -1.96. The first-order valence-corrected chi connectivity index (χ1v) is 6.36. The van der Waals surface area contributed by atoms with Crippen LogP contribution >= 0.6 is 0 Å². The summed E-state index contributed by atoms with van der Waals surface area (Å²) in [6.45, 7) is 3.13. The predicted octanol–water partition coefficient (Wildman–Crippen LogP) is 3.69. The van der Waals surface area contributed by atoms with E-state index in [4.69, 9.17) is 0 Å². The molecule has 0 bridgehead atoms. The maximum atomic E-state index is 3.44. The van der Waals surface area contributed by atoms with Gasteiger partial charge in [0.2, 0.25) is 0 Å². The van der Waals surface area contributed by atoms with Gasteiger partial charge in [0.25, 0.3) is 0 Å². The SMILES string of the molecule is CNc1ccc(NCCc2ccccc2C)cc1. The molecule has 94 valence electrons. The Balaban J connectivity index is 1.86. The van der Waals surface area contributed by atoms with Gasteiger partial charge in [-0.3, -0.25) is 0 Å².